The summed E-state index contributed by atoms with van der Waals surface area (Å²) in [6.07, 6.45) is 5.33. The highest BCUT2D eigenvalue weighted by Gasteiger charge is 2.39. The summed E-state index contributed by atoms with van der Waals surface area (Å²) in [5, 5.41) is 0. The van der Waals surface area contributed by atoms with E-state index in [9.17, 15) is 9.59 Å². The number of rotatable bonds is 1. The van der Waals surface area contributed by atoms with Crippen molar-refractivity contribution in [3.63, 3.8) is 0 Å². The molecule has 2 rings (SSSR count). The summed E-state index contributed by atoms with van der Waals surface area (Å²) in [6, 6.07) is 0. The summed E-state index contributed by atoms with van der Waals surface area (Å²) in [7, 11) is 0. The van der Waals surface area contributed by atoms with Gasteiger partial charge in [0.2, 0.25) is 5.91 Å². The summed E-state index contributed by atoms with van der Waals surface area (Å²) < 4.78 is 0. The number of amides is 1. The van der Waals surface area contributed by atoms with Crippen LogP contribution in [0, 0.1) is 0 Å². The van der Waals surface area contributed by atoms with Crippen molar-refractivity contribution in [2.45, 2.75) is 51.0 Å². The fourth-order valence-electron chi connectivity index (χ4n) is 2.69. The van der Waals surface area contributed by atoms with E-state index in [0.717, 1.165) is 12.8 Å². The molecule has 0 radical (unpaired) electrons. The Kier molecular flexibility index (Phi) is 2.33. The van der Waals surface area contributed by atoms with Crippen molar-refractivity contribution < 1.29 is 9.59 Å². The Balaban J connectivity index is 2.10. The van der Waals surface area contributed by atoms with Crippen LogP contribution in [0.15, 0.2) is 0 Å². The first-order chi connectivity index (χ1) is 6.62. The maximum Gasteiger partial charge on any atom is 0.230 e. The first-order valence-electron chi connectivity index (χ1n) is 5.44. The van der Waals surface area contributed by atoms with E-state index >= 15 is 0 Å². The maximum absolute atomic E-state index is 11.7. The number of carbonyl (C=O) groups excluding carboxylic acids is 2. The van der Waals surface area contributed by atoms with E-state index in [2.05, 4.69) is 6.92 Å². The highest BCUT2D eigenvalue weighted by Crippen LogP contribution is 2.36. The zero-order chi connectivity index (χ0) is 10.2. The number of nitrogens with zero attached hydrogens (tertiary/aromatic N) is 1. The van der Waals surface area contributed by atoms with Gasteiger partial charge in [-0.3, -0.25) is 9.59 Å². The third-order valence-electron chi connectivity index (χ3n) is 3.60. The van der Waals surface area contributed by atoms with E-state index in [1.165, 1.54) is 12.8 Å². The van der Waals surface area contributed by atoms with Gasteiger partial charge in [0.25, 0.3) is 0 Å². The topological polar surface area (TPSA) is 37.4 Å². The lowest BCUT2D eigenvalue weighted by Gasteiger charge is -2.40. The van der Waals surface area contributed by atoms with Gasteiger partial charge < -0.3 is 4.90 Å². The maximum atomic E-state index is 11.7. The van der Waals surface area contributed by atoms with Gasteiger partial charge in [0, 0.05) is 18.5 Å². The molecular formula is C11H17NO2. The van der Waals surface area contributed by atoms with Crippen molar-refractivity contribution in [2.24, 2.45) is 0 Å². The number of Topliss-reactive ketones (excluding diaryl/α,β-unsaturated/α-hetero) is 1. The minimum atomic E-state index is 0.0469. The van der Waals surface area contributed by atoms with Crippen LogP contribution < -0.4 is 0 Å². The first-order valence-corrected chi connectivity index (χ1v) is 5.44. The smallest absolute Gasteiger partial charge is 0.230 e. The van der Waals surface area contributed by atoms with Crippen LogP contribution >= 0.6 is 0 Å². The van der Waals surface area contributed by atoms with Gasteiger partial charge in [0.05, 0.1) is 6.42 Å². The molecule has 1 heterocycles. The fraction of sp³-hybridized carbons (Fsp3) is 0.818. The number of piperidine rings is 1. The molecule has 3 heteroatoms. The molecular weight excluding hydrogens is 178 g/mol. The molecule has 2 fully saturated rings. The molecule has 0 bridgehead atoms. The van der Waals surface area contributed by atoms with Crippen LogP contribution in [0.1, 0.15) is 45.4 Å². The van der Waals surface area contributed by atoms with Crippen LogP contribution in [-0.2, 0) is 9.59 Å². The molecule has 0 aromatic heterocycles. The molecule has 0 aromatic rings. The van der Waals surface area contributed by atoms with Gasteiger partial charge in [-0.05, 0) is 19.8 Å². The standard InChI is InChI=1S/C11H17NO2/c1-11(5-2-3-6-11)12-7-4-9(13)8-10(12)14/h2-8H2,1H3. The first kappa shape index (κ1) is 9.69. The number of hydrogen-bond donors (Lipinski definition) is 0. The Hall–Kier alpha value is -0.860. The molecule has 14 heavy (non-hydrogen) atoms. The van der Waals surface area contributed by atoms with E-state index in [1.807, 2.05) is 4.90 Å². The third-order valence-corrected chi connectivity index (χ3v) is 3.60. The average molecular weight is 195 g/mol. The number of ketones is 1. The SMILES string of the molecule is CC1(N2CCC(=O)CC2=O)CCCC1. The Labute approximate surface area is 84.5 Å². The van der Waals surface area contributed by atoms with Crippen LogP contribution in [0.25, 0.3) is 0 Å². The molecule has 2 aliphatic rings. The van der Waals surface area contributed by atoms with Crippen LogP contribution in [-0.4, -0.2) is 28.7 Å². The third kappa shape index (κ3) is 1.56. The summed E-state index contributed by atoms with van der Waals surface area (Å²) in [5.74, 6) is 0.151. The minimum absolute atomic E-state index is 0.0469. The van der Waals surface area contributed by atoms with E-state index in [4.69, 9.17) is 0 Å². The zero-order valence-electron chi connectivity index (χ0n) is 8.71. The number of carbonyl (C=O) groups is 2. The highest BCUT2D eigenvalue weighted by molar-refractivity contribution is 6.00. The predicted molar refractivity (Wildman–Crippen MR) is 52.8 cm³/mol. The predicted octanol–water partition coefficient (Wildman–Crippen LogP) is 1.51. The molecule has 0 spiro atoms. The number of hydrogen-bond acceptors (Lipinski definition) is 2. The summed E-state index contributed by atoms with van der Waals surface area (Å²) in [5.41, 5.74) is 0.0534. The van der Waals surface area contributed by atoms with Crippen molar-refractivity contribution >= 4 is 11.7 Å². The highest BCUT2D eigenvalue weighted by atomic mass is 16.2. The van der Waals surface area contributed by atoms with Gasteiger partial charge in [-0.15, -0.1) is 0 Å². The summed E-state index contributed by atoms with van der Waals surface area (Å²) in [6.45, 7) is 2.81. The van der Waals surface area contributed by atoms with Gasteiger partial charge in [-0.1, -0.05) is 12.8 Å². The molecule has 0 N–H and O–H groups in total. The molecule has 0 aromatic carbocycles. The lowest BCUT2D eigenvalue weighted by Crippen LogP contribution is -2.51. The normalized spacial score (nSPS) is 27.1. The molecule has 1 amide bonds. The molecule has 1 aliphatic heterocycles. The monoisotopic (exact) mass is 195 g/mol. The lowest BCUT2D eigenvalue weighted by atomic mass is 9.94. The van der Waals surface area contributed by atoms with E-state index in [1.54, 1.807) is 0 Å². The van der Waals surface area contributed by atoms with Crippen LogP contribution in [0.2, 0.25) is 0 Å². The van der Waals surface area contributed by atoms with Crippen molar-refractivity contribution in [3.05, 3.63) is 0 Å². The van der Waals surface area contributed by atoms with E-state index in [-0.39, 0.29) is 23.7 Å². The van der Waals surface area contributed by atoms with Gasteiger partial charge >= 0.3 is 0 Å². The average Bonchev–Trinajstić information content (AvgIpc) is 2.52. The van der Waals surface area contributed by atoms with Gasteiger partial charge in [0.15, 0.2) is 0 Å². The second-order valence-corrected chi connectivity index (χ2v) is 4.71. The van der Waals surface area contributed by atoms with Crippen molar-refractivity contribution in [1.82, 2.24) is 4.90 Å². The zero-order valence-corrected chi connectivity index (χ0v) is 8.71. The molecule has 1 saturated carbocycles. The van der Waals surface area contributed by atoms with Crippen LogP contribution in [0.4, 0.5) is 0 Å². The molecule has 3 nitrogen and oxygen atoms in total. The van der Waals surface area contributed by atoms with Gasteiger partial charge in [-0.2, -0.15) is 0 Å². The molecule has 78 valence electrons. The minimum Gasteiger partial charge on any atom is -0.336 e. The Morgan fingerprint density at radius 3 is 2.43 bits per heavy atom. The quantitative estimate of drug-likeness (QED) is 0.595. The van der Waals surface area contributed by atoms with Gasteiger partial charge in [-0.25, -0.2) is 0 Å². The second-order valence-electron chi connectivity index (χ2n) is 4.71. The fourth-order valence-corrected chi connectivity index (χ4v) is 2.69. The molecule has 0 unspecified atom stereocenters. The van der Waals surface area contributed by atoms with Crippen molar-refractivity contribution in [2.75, 3.05) is 6.54 Å². The summed E-state index contributed by atoms with van der Waals surface area (Å²) in [4.78, 5) is 24.7. The van der Waals surface area contributed by atoms with E-state index < -0.39 is 0 Å². The summed E-state index contributed by atoms with van der Waals surface area (Å²) >= 11 is 0. The van der Waals surface area contributed by atoms with Crippen molar-refractivity contribution in [3.8, 4) is 0 Å². The molecule has 0 atom stereocenters. The van der Waals surface area contributed by atoms with Crippen LogP contribution in [0.3, 0.4) is 0 Å². The van der Waals surface area contributed by atoms with Gasteiger partial charge in [0.1, 0.15) is 5.78 Å². The second kappa shape index (κ2) is 3.37. The number of likely N-dealkylation sites (tertiary alicyclic amines) is 1. The van der Waals surface area contributed by atoms with Crippen molar-refractivity contribution in [1.29, 1.82) is 0 Å². The largest absolute Gasteiger partial charge is 0.336 e. The van der Waals surface area contributed by atoms with Crippen LogP contribution in [0.5, 0.6) is 0 Å². The molecule has 1 saturated heterocycles. The Morgan fingerprint density at radius 2 is 1.86 bits per heavy atom. The molecule has 1 aliphatic carbocycles. The Morgan fingerprint density at radius 1 is 1.21 bits per heavy atom. The van der Waals surface area contributed by atoms with E-state index in [0.29, 0.717) is 13.0 Å². The lowest BCUT2D eigenvalue weighted by molar-refractivity contribution is -0.144. The Bertz CT molecular complexity index is 266.